The van der Waals surface area contributed by atoms with Gasteiger partial charge in [-0.1, -0.05) is 77.9 Å². The van der Waals surface area contributed by atoms with Crippen LogP contribution in [0.25, 0.3) is 0 Å². The van der Waals surface area contributed by atoms with E-state index in [0.29, 0.717) is 6.54 Å². The van der Waals surface area contributed by atoms with Crippen molar-refractivity contribution in [2.24, 2.45) is 0 Å². The van der Waals surface area contributed by atoms with Gasteiger partial charge in [0.2, 0.25) is 0 Å². The molecule has 0 aliphatic carbocycles. The van der Waals surface area contributed by atoms with E-state index in [9.17, 15) is 4.79 Å². The molecule has 0 spiro atoms. The molecular weight excluding hydrogens is 372 g/mol. The Hall–Kier alpha value is -3.11. The zero-order valence-electron chi connectivity index (χ0n) is 17.5. The molecule has 4 heteroatoms. The number of ether oxygens (including phenoxy) is 1. The summed E-state index contributed by atoms with van der Waals surface area (Å²) >= 11 is 0. The van der Waals surface area contributed by atoms with E-state index in [0.717, 1.165) is 12.1 Å². The molecule has 4 nitrogen and oxygen atoms in total. The maximum absolute atomic E-state index is 12.3. The van der Waals surface area contributed by atoms with Crippen LogP contribution in [-0.4, -0.2) is 24.8 Å². The standard InChI is InChI=1S/C26H28N2O2/c1-18-8-12-20(13-9-18)25(21-14-10-19(2)11-15-21)24-16-23(17-27-24)30-26(29)28-22-6-4-3-5-7-22/h3-15,23-25,27H,16-17H2,1-2H3,(H,28,29)/t23-,24?/m1/s1. The van der Waals surface area contributed by atoms with Crippen LogP contribution in [0, 0.1) is 13.8 Å². The number of amides is 1. The highest BCUT2D eigenvalue weighted by Gasteiger charge is 2.34. The van der Waals surface area contributed by atoms with E-state index in [4.69, 9.17) is 4.74 Å². The number of hydrogen-bond donors (Lipinski definition) is 2. The molecule has 0 saturated carbocycles. The first-order valence-corrected chi connectivity index (χ1v) is 10.5. The molecule has 154 valence electrons. The lowest BCUT2D eigenvalue weighted by molar-refractivity contribution is 0.119. The number of rotatable bonds is 5. The van der Waals surface area contributed by atoms with Crippen LogP contribution >= 0.6 is 0 Å². The van der Waals surface area contributed by atoms with Crippen molar-refractivity contribution in [2.75, 3.05) is 11.9 Å². The van der Waals surface area contributed by atoms with Crippen LogP contribution < -0.4 is 10.6 Å². The fraction of sp³-hybridized carbons (Fsp3) is 0.269. The van der Waals surface area contributed by atoms with Gasteiger partial charge in [-0.25, -0.2) is 4.79 Å². The van der Waals surface area contributed by atoms with E-state index in [1.165, 1.54) is 22.3 Å². The van der Waals surface area contributed by atoms with Crippen LogP contribution in [0.3, 0.4) is 0 Å². The molecule has 30 heavy (non-hydrogen) atoms. The van der Waals surface area contributed by atoms with Crippen molar-refractivity contribution >= 4 is 11.8 Å². The first kappa shape index (κ1) is 20.2. The molecule has 1 unspecified atom stereocenters. The second kappa shape index (κ2) is 9.14. The Morgan fingerprint density at radius 3 is 2.03 bits per heavy atom. The number of para-hydroxylation sites is 1. The van der Waals surface area contributed by atoms with Gasteiger partial charge in [0, 0.05) is 30.6 Å². The summed E-state index contributed by atoms with van der Waals surface area (Å²) in [6.45, 7) is 4.86. The zero-order valence-corrected chi connectivity index (χ0v) is 17.5. The van der Waals surface area contributed by atoms with Crippen molar-refractivity contribution in [1.29, 1.82) is 0 Å². The quantitative estimate of drug-likeness (QED) is 0.602. The molecule has 1 aliphatic heterocycles. The highest BCUT2D eigenvalue weighted by Crippen LogP contribution is 2.33. The molecule has 2 N–H and O–H groups in total. The van der Waals surface area contributed by atoms with Gasteiger partial charge in [0.05, 0.1) is 0 Å². The minimum atomic E-state index is -0.407. The Morgan fingerprint density at radius 1 is 0.900 bits per heavy atom. The maximum Gasteiger partial charge on any atom is 0.411 e. The molecule has 0 aromatic heterocycles. The fourth-order valence-corrected chi connectivity index (χ4v) is 4.10. The van der Waals surface area contributed by atoms with Gasteiger partial charge in [0.1, 0.15) is 6.10 Å². The molecule has 3 aromatic rings. The zero-order chi connectivity index (χ0) is 20.9. The maximum atomic E-state index is 12.3. The van der Waals surface area contributed by atoms with Crippen molar-refractivity contribution in [3.63, 3.8) is 0 Å². The fourth-order valence-electron chi connectivity index (χ4n) is 4.10. The van der Waals surface area contributed by atoms with Crippen molar-refractivity contribution in [1.82, 2.24) is 5.32 Å². The molecule has 1 fully saturated rings. The second-order valence-corrected chi connectivity index (χ2v) is 8.07. The summed E-state index contributed by atoms with van der Waals surface area (Å²) in [4.78, 5) is 12.3. The van der Waals surface area contributed by atoms with Crippen LogP contribution in [0.4, 0.5) is 10.5 Å². The summed E-state index contributed by atoms with van der Waals surface area (Å²) in [5, 5.41) is 6.40. The minimum absolute atomic E-state index is 0.155. The summed E-state index contributed by atoms with van der Waals surface area (Å²) in [7, 11) is 0. The SMILES string of the molecule is Cc1ccc(C(c2ccc(C)cc2)C2C[C@@H](OC(=O)Nc3ccccc3)CN2)cc1. The van der Waals surface area contributed by atoms with E-state index in [1.54, 1.807) is 0 Å². The summed E-state index contributed by atoms with van der Waals surface area (Å²) in [6.07, 6.45) is 0.210. The molecule has 1 amide bonds. The summed E-state index contributed by atoms with van der Waals surface area (Å²) in [5.74, 6) is 0.206. The Labute approximate surface area is 178 Å². The Bertz CT molecular complexity index is 923. The van der Waals surface area contributed by atoms with E-state index in [-0.39, 0.29) is 18.1 Å². The van der Waals surface area contributed by atoms with Gasteiger partial charge in [-0.05, 0) is 37.1 Å². The average molecular weight is 401 g/mol. The highest BCUT2D eigenvalue weighted by atomic mass is 16.6. The van der Waals surface area contributed by atoms with Gasteiger partial charge in [-0.15, -0.1) is 0 Å². The second-order valence-electron chi connectivity index (χ2n) is 8.07. The van der Waals surface area contributed by atoms with E-state index in [2.05, 4.69) is 73.0 Å². The molecule has 1 aliphatic rings. The molecule has 2 atom stereocenters. The van der Waals surface area contributed by atoms with Gasteiger partial charge in [-0.3, -0.25) is 5.32 Å². The Balaban J connectivity index is 1.47. The molecule has 3 aromatic carbocycles. The van der Waals surface area contributed by atoms with Gasteiger partial charge < -0.3 is 10.1 Å². The molecule has 0 radical (unpaired) electrons. The van der Waals surface area contributed by atoms with Crippen LogP contribution in [-0.2, 0) is 4.74 Å². The van der Waals surface area contributed by atoms with Crippen molar-refractivity contribution in [2.45, 2.75) is 38.3 Å². The molecular formula is C26H28N2O2. The monoisotopic (exact) mass is 400 g/mol. The third-order valence-electron chi connectivity index (χ3n) is 5.69. The third-order valence-corrected chi connectivity index (χ3v) is 5.69. The number of hydrogen-bond acceptors (Lipinski definition) is 3. The van der Waals surface area contributed by atoms with Crippen molar-refractivity contribution in [3.8, 4) is 0 Å². The third kappa shape index (κ3) is 4.89. The predicted molar refractivity (Wildman–Crippen MR) is 121 cm³/mol. The lowest BCUT2D eigenvalue weighted by Crippen LogP contribution is -2.29. The van der Waals surface area contributed by atoms with E-state index in [1.807, 2.05) is 30.3 Å². The van der Waals surface area contributed by atoms with Crippen LogP contribution in [0.1, 0.15) is 34.6 Å². The predicted octanol–water partition coefficient (Wildman–Crippen LogP) is 5.41. The average Bonchev–Trinajstić information content (AvgIpc) is 3.19. The number of anilines is 1. The lowest BCUT2D eigenvalue weighted by Gasteiger charge is -2.25. The van der Waals surface area contributed by atoms with Crippen LogP contribution in [0.5, 0.6) is 0 Å². The molecule has 4 rings (SSSR count). The Kier molecular flexibility index (Phi) is 6.15. The van der Waals surface area contributed by atoms with Crippen LogP contribution in [0.15, 0.2) is 78.9 Å². The van der Waals surface area contributed by atoms with E-state index < -0.39 is 6.09 Å². The van der Waals surface area contributed by atoms with Crippen molar-refractivity contribution in [3.05, 3.63) is 101 Å². The topological polar surface area (TPSA) is 50.4 Å². The number of nitrogens with one attached hydrogen (secondary N) is 2. The summed E-state index contributed by atoms with van der Waals surface area (Å²) in [5.41, 5.74) is 5.79. The summed E-state index contributed by atoms with van der Waals surface area (Å²) in [6, 6.07) is 27.0. The number of carbonyl (C=O) groups excluding carboxylic acids is 1. The first-order chi connectivity index (χ1) is 14.6. The summed E-state index contributed by atoms with van der Waals surface area (Å²) < 4.78 is 5.69. The van der Waals surface area contributed by atoms with E-state index >= 15 is 0 Å². The largest absolute Gasteiger partial charge is 0.445 e. The molecule has 1 saturated heterocycles. The van der Waals surface area contributed by atoms with Crippen molar-refractivity contribution < 1.29 is 9.53 Å². The van der Waals surface area contributed by atoms with Gasteiger partial charge >= 0.3 is 6.09 Å². The van der Waals surface area contributed by atoms with Gasteiger partial charge in [-0.2, -0.15) is 0 Å². The van der Waals surface area contributed by atoms with Gasteiger partial charge in [0.25, 0.3) is 0 Å². The smallest absolute Gasteiger partial charge is 0.411 e. The molecule has 1 heterocycles. The molecule has 0 bridgehead atoms. The van der Waals surface area contributed by atoms with Gasteiger partial charge in [0.15, 0.2) is 0 Å². The number of aryl methyl sites for hydroxylation is 2. The minimum Gasteiger partial charge on any atom is -0.445 e. The highest BCUT2D eigenvalue weighted by molar-refractivity contribution is 5.84. The van der Waals surface area contributed by atoms with Crippen LogP contribution in [0.2, 0.25) is 0 Å². The number of benzene rings is 3. The normalized spacial score (nSPS) is 18.4. The first-order valence-electron chi connectivity index (χ1n) is 10.5. The number of carbonyl (C=O) groups is 1. The Morgan fingerprint density at radius 2 is 1.47 bits per heavy atom. The lowest BCUT2D eigenvalue weighted by atomic mass is 9.83.